The maximum Gasteiger partial charge on any atom is 0.171 e. The molecule has 1 aliphatic heterocycles. The van der Waals surface area contributed by atoms with Gasteiger partial charge in [-0.25, -0.2) is 4.98 Å². The summed E-state index contributed by atoms with van der Waals surface area (Å²) in [4.78, 5) is 6.50. The molecule has 0 saturated heterocycles. The Morgan fingerprint density at radius 1 is 1.70 bits per heavy atom. The molecule has 1 aliphatic rings. The molecule has 0 unspecified atom stereocenters. The zero-order chi connectivity index (χ0) is 14.4. The van der Waals surface area contributed by atoms with E-state index in [1.807, 2.05) is 19.3 Å². The number of anilines is 1. The van der Waals surface area contributed by atoms with Crippen molar-refractivity contribution in [2.75, 3.05) is 30.9 Å². The predicted octanol–water partition coefficient (Wildman–Crippen LogP) is 1.93. The second-order valence-corrected chi connectivity index (χ2v) is 6.10. The molecule has 5 nitrogen and oxygen atoms in total. The number of fused-ring (bicyclic) bond motifs is 1. The van der Waals surface area contributed by atoms with E-state index in [1.165, 1.54) is 11.8 Å². The predicted molar refractivity (Wildman–Crippen MR) is 85.1 cm³/mol. The smallest absolute Gasteiger partial charge is 0.171 e. The number of thiocarbonyl (C=S) groups is 1. The zero-order valence-electron chi connectivity index (χ0n) is 11.3. The highest BCUT2D eigenvalue weighted by atomic mass is 32.2. The molecule has 0 bridgehead atoms. The summed E-state index contributed by atoms with van der Waals surface area (Å²) in [6, 6.07) is 4.09. The summed E-state index contributed by atoms with van der Waals surface area (Å²) >= 11 is 6.68. The minimum absolute atomic E-state index is 0.507. The Balaban J connectivity index is 1.88. The van der Waals surface area contributed by atoms with Gasteiger partial charge in [0.25, 0.3) is 0 Å². The standard InChI is InChI=1S/C13H16N4OS2/c1-17-4-5-18-11-7-10(8-15-12(11)17)9-16-13(19)20-6-2-3-14/h7-8H,2,4-6,9H2,1H3,(H,16,19). The summed E-state index contributed by atoms with van der Waals surface area (Å²) in [5.74, 6) is 2.42. The first-order chi connectivity index (χ1) is 9.70. The minimum Gasteiger partial charge on any atom is -0.488 e. The van der Waals surface area contributed by atoms with Gasteiger partial charge in [-0.1, -0.05) is 24.0 Å². The molecule has 0 fully saturated rings. The zero-order valence-corrected chi connectivity index (χ0v) is 12.9. The van der Waals surface area contributed by atoms with E-state index in [0.717, 1.165) is 29.4 Å². The monoisotopic (exact) mass is 308 g/mol. The quantitative estimate of drug-likeness (QED) is 0.673. The molecule has 1 aromatic rings. The maximum absolute atomic E-state index is 8.47. The second-order valence-electron chi connectivity index (χ2n) is 4.33. The van der Waals surface area contributed by atoms with Crippen LogP contribution in [0.3, 0.4) is 0 Å². The fourth-order valence-electron chi connectivity index (χ4n) is 1.78. The fourth-order valence-corrected chi connectivity index (χ4v) is 2.66. The van der Waals surface area contributed by atoms with Crippen molar-refractivity contribution in [2.45, 2.75) is 13.0 Å². The number of nitrogens with one attached hydrogen (secondary N) is 1. The Bertz CT molecular complexity index is 530. The molecule has 0 saturated carbocycles. The van der Waals surface area contributed by atoms with E-state index in [1.54, 1.807) is 0 Å². The van der Waals surface area contributed by atoms with Crippen LogP contribution < -0.4 is 15.0 Å². The third-order valence-electron chi connectivity index (χ3n) is 2.82. The molecule has 0 aliphatic carbocycles. The van der Waals surface area contributed by atoms with Gasteiger partial charge in [-0.2, -0.15) is 5.26 Å². The van der Waals surface area contributed by atoms with Crippen molar-refractivity contribution < 1.29 is 4.74 Å². The largest absolute Gasteiger partial charge is 0.488 e. The van der Waals surface area contributed by atoms with Crippen LogP contribution in [-0.2, 0) is 6.54 Å². The molecule has 1 aromatic heterocycles. The van der Waals surface area contributed by atoms with Crippen LogP contribution in [0, 0.1) is 11.3 Å². The average Bonchev–Trinajstić information content (AvgIpc) is 2.45. The van der Waals surface area contributed by atoms with Gasteiger partial charge in [0.15, 0.2) is 11.6 Å². The number of rotatable bonds is 4. The topological polar surface area (TPSA) is 61.2 Å². The molecule has 2 heterocycles. The molecule has 2 rings (SSSR count). The molecule has 0 aromatic carbocycles. The highest BCUT2D eigenvalue weighted by Gasteiger charge is 2.16. The lowest BCUT2D eigenvalue weighted by molar-refractivity contribution is 0.308. The van der Waals surface area contributed by atoms with E-state index in [2.05, 4.69) is 21.3 Å². The van der Waals surface area contributed by atoms with Crippen LogP contribution in [0.1, 0.15) is 12.0 Å². The van der Waals surface area contributed by atoms with Gasteiger partial charge in [-0.3, -0.25) is 0 Å². The second kappa shape index (κ2) is 7.31. The average molecular weight is 308 g/mol. The Hall–Kier alpha value is -1.52. The van der Waals surface area contributed by atoms with Crippen LogP contribution in [-0.4, -0.2) is 35.3 Å². The fraction of sp³-hybridized carbons (Fsp3) is 0.462. The number of ether oxygens (including phenoxy) is 1. The number of hydrogen-bond donors (Lipinski definition) is 1. The molecule has 1 N–H and O–H groups in total. The van der Waals surface area contributed by atoms with E-state index in [0.29, 0.717) is 23.9 Å². The van der Waals surface area contributed by atoms with Gasteiger partial charge in [0.2, 0.25) is 0 Å². The summed E-state index contributed by atoms with van der Waals surface area (Å²) in [5.41, 5.74) is 1.03. The Labute approximate surface area is 128 Å². The van der Waals surface area contributed by atoms with Crippen LogP contribution in [0.4, 0.5) is 5.82 Å². The molecule has 20 heavy (non-hydrogen) atoms. The number of pyridine rings is 1. The van der Waals surface area contributed by atoms with Gasteiger partial charge >= 0.3 is 0 Å². The van der Waals surface area contributed by atoms with Gasteiger partial charge in [0.05, 0.1) is 12.6 Å². The van der Waals surface area contributed by atoms with Gasteiger partial charge < -0.3 is 15.0 Å². The third kappa shape index (κ3) is 3.99. The molecule has 106 valence electrons. The van der Waals surface area contributed by atoms with E-state index in [9.17, 15) is 0 Å². The van der Waals surface area contributed by atoms with Crippen molar-refractivity contribution in [3.05, 3.63) is 17.8 Å². The summed E-state index contributed by atoms with van der Waals surface area (Å²) in [5, 5.41) is 11.6. The SMILES string of the molecule is CN1CCOc2cc(CNC(=S)SCCC#N)cnc21. The van der Waals surface area contributed by atoms with Crippen molar-refractivity contribution in [1.82, 2.24) is 10.3 Å². The van der Waals surface area contributed by atoms with E-state index >= 15 is 0 Å². The van der Waals surface area contributed by atoms with Gasteiger partial charge in [0, 0.05) is 32.0 Å². The van der Waals surface area contributed by atoms with E-state index < -0.39 is 0 Å². The minimum atomic E-state index is 0.507. The van der Waals surface area contributed by atoms with Crippen molar-refractivity contribution in [2.24, 2.45) is 0 Å². The molecule has 0 atom stereocenters. The van der Waals surface area contributed by atoms with Crippen LogP contribution in [0.2, 0.25) is 0 Å². The number of nitrogens with zero attached hydrogens (tertiary/aromatic N) is 3. The number of thioether (sulfide) groups is 1. The maximum atomic E-state index is 8.47. The normalized spacial score (nSPS) is 13.1. The first-order valence-corrected chi connectivity index (χ1v) is 7.70. The Kier molecular flexibility index (Phi) is 5.44. The van der Waals surface area contributed by atoms with E-state index in [4.69, 9.17) is 22.2 Å². The van der Waals surface area contributed by atoms with Crippen LogP contribution in [0.5, 0.6) is 5.75 Å². The molecular weight excluding hydrogens is 292 g/mol. The lowest BCUT2D eigenvalue weighted by Crippen LogP contribution is -2.30. The van der Waals surface area contributed by atoms with Gasteiger partial charge in [-0.15, -0.1) is 0 Å². The highest BCUT2D eigenvalue weighted by Crippen LogP contribution is 2.28. The van der Waals surface area contributed by atoms with E-state index in [-0.39, 0.29) is 0 Å². The van der Waals surface area contributed by atoms with Crippen molar-refractivity contribution in [3.8, 4) is 11.8 Å². The molecule has 0 spiro atoms. The lowest BCUT2D eigenvalue weighted by Gasteiger charge is -2.26. The van der Waals surface area contributed by atoms with Crippen LogP contribution in [0.25, 0.3) is 0 Å². The van der Waals surface area contributed by atoms with Crippen molar-refractivity contribution >= 4 is 34.1 Å². The number of nitriles is 1. The summed E-state index contributed by atoms with van der Waals surface area (Å²) < 4.78 is 6.32. The lowest BCUT2D eigenvalue weighted by atomic mass is 10.2. The Morgan fingerprint density at radius 2 is 2.55 bits per heavy atom. The Morgan fingerprint density at radius 3 is 3.35 bits per heavy atom. The molecule has 7 heteroatoms. The first kappa shape index (κ1) is 14.9. The van der Waals surface area contributed by atoms with Crippen molar-refractivity contribution in [1.29, 1.82) is 5.26 Å². The number of aromatic nitrogens is 1. The summed E-state index contributed by atoms with van der Waals surface area (Å²) in [6.07, 6.45) is 2.34. The van der Waals surface area contributed by atoms with Crippen LogP contribution >= 0.6 is 24.0 Å². The molecule has 0 radical (unpaired) electrons. The molecular formula is C13H16N4OS2. The number of hydrogen-bond acceptors (Lipinski definition) is 6. The highest BCUT2D eigenvalue weighted by molar-refractivity contribution is 8.22. The van der Waals surface area contributed by atoms with Crippen LogP contribution in [0.15, 0.2) is 12.3 Å². The summed E-state index contributed by atoms with van der Waals surface area (Å²) in [6.45, 7) is 2.16. The molecule has 0 amide bonds. The first-order valence-electron chi connectivity index (χ1n) is 6.31. The van der Waals surface area contributed by atoms with Gasteiger partial charge in [0.1, 0.15) is 10.9 Å². The third-order valence-corrected chi connectivity index (χ3v) is 4.13. The van der Waals surface area contributed by atoms with Gasteiger partial charge in [-0.05, 0) is 11.6 Å². The summed E-state index contributed by atoms with van der Waals surface area (Å²) in [7, 11) is 2.01. The van der Waals surface area contributed by atoms with Crippen molar-refractivity contribution in [3.63, 3.8) is 0 Å². The number of likely N-dealkylation sites (N-methyl/N-ethyl adjacent to an activating group) is 1.